The number of nitrogens with zero attached hydrogens (tertiary/aromatic N) is 1. The average Bonchev–Trinajstić information content (AvgIpc) is 2.88. The number of primary amides is 2. The van der Waals surface area contributed by atoms with Crippen LogP contribution in [0, 0.1) is 0 Å². The fourth-order valence-corrected chi connectivity index (χ4v) is 5.37. The molecule has 2 aromatic rings. The topological polar surface area (TPSA) is 202 Å². The smallest absolute Gasteiger partial charge is 0.250 e. The molecule has 2 aromatic carbocycles. The van der Waals surface area contributed by atoms with Crippen LogP contribution in [0.2, 0.25) is 0 Å². The van der Waals surface area contributed by atoms with E-state index in [1.54, 1.807) is 12.1 Å². The highest BCUT2D eigenvalue weighted by atomic mass is 16.2. The van der Waals surface area contributed by atoms with E-state index in [4.69, 9.17) is 28.7 Å². The largest absolute Gasteiger partial charge is 0.369 e. The Morgan fingerprint density at radius 2 is 1.51 bits per heavy atom. The Morgan fingerprint density at radius 1 is 0.892 bits per heavy atom. The summed E-state index contributed by atoms with van der Waals surface area (Å²) in [6.45, 7) is 0.649. The Hall–Kier alpha value is -4.12. The van der Waals surface area contributed by atoms with E-state index in [0.29, 0.717) is 40.7 Å². The van der Waals surface area contributed by atoms with Gasteiger partial charge in [0, 0.05) is 25.2 Å². The van der Waals surface area contributed by atoms with Crippen LogP contribution in [-0.4, -0.2) is 28.9 Å². The lowest BCUT2D eigenvalue weighted by Crippen LogP contribution is -2.54. The van der Waals surface area contributed by atoms with Crippen LogP contribution >= 0.6 is 0 Å². The minimum Gasteiger partial charge on any atom is -0.369 e. The van der Waals surface area contributed by atoms with Crippen molar-refractivity contribution < 1.29 is 19.2 Å². The number of carbonyl (C=O) groups excluding carboxylic acids is 4. The number of hydrogen-bond donors (Lipinski definition) is 5. The summed E-state index contributed by atoms with van der Waals surface area (Å²) >= 11 is 0. The van der Waals surface area contributed by atoms with Crippen LogP contribution in [-0.2, 0) is 50.8 Å². The number of nitrogens with two attached hydrogens (primary N) is 5. The molecule has 10 N–H and O–H groups in total. The van der Waals surface area contributed by atoms with Gasteiger partial charge in [0.25, 0.3) is 5.91 Å². The van der Waals surface area contributed by atoms with Crippen LogP contribution in [0.3, 0.4) is 0 Å². The summed E-state index contributed by atoms with van der Waals surface area (Å²) in [5, 5.41) is 0. The number of carbonyl (C=O) groups is 4. The van der Waals surface area contributed by atoms with Gasteiger partial charge in [0.2, 0.25) is 11.8 Å². The Kier molecular flexibility index (Phi) is 7.08. The molecule has 0 fully saturated rings. The van der Waals surface area contributed by atoms with E-state index in [9.17, 15) is 19.2 Å². The van der Waals surface area contributed by atoms with Crippen LogP contribution in [0.25, 0.3) is 5.57 Å². The molecule has 10 heteroatoms. The van der Waals surface area contributed by atoms with Gasteiger partial charge in [-0.1, -0.05) is 42.5 Å². The van der Waals surface area contributed by atoms with E-state index >= 15 is 0 Å². The summed E-state index contributed by atoms with van der Waals surface area (Å²) in [5.74, 6) is -1.99. The number of allylic oxidation sites excluding steroid dienone is 1. The van der Waals surface area contributed by atoms with Gasteiger partial charge in [-0.3, -0.25) is 14.4 Å². The molecule has 3 amide bonds. The SMILES string of the molecule is NCc1ccc(CN(C(=O)CC=O)C2=C3c4c(CN)ccc(CN)c4C3(C(N)=O)CC=C2C(N)=O)cc1. The zero-order valence-corrected chi connectivity index (χ0v) is 20.3. The average molecular weight is 503 g/mol. The molecule has 1 unspecified atom stereocenters. The van der Waals surface area contributed by atoms with Crippen LogP contribution in [0.4, 0.5) is 0 Å². The zero-order valence-electron chi connectivity index (χ0n) is 20.3. The lowest BCUT2D eigenvalue weighted by Gasteiger charge is -2.50. The molecule has 0 radical (unpaired) electrons. The standard InChI is InChI=1S/C27H30N6O4/c28-11-15-1-3-16(4-2-15)14-33(20(35)8-10-34)24-19(25(31)36)7-9-27(26(32)37)22-18(13-30)6-5-17(12-29)21(22)23(24)27/h1-7,10H,8-9,11-14,28-30H2,(H2,31,36)(H2,32,37). The monoisotopic (exact) mass is 502 g/mol. The van der Waals surface area contributed by atoms with Crippen molar-refractivity contribution in [2.45, 2.75) is 44.4 Å². The summed E-state index contributed by atoms with van der Waals surface area (Å²) in [4.78, 5) is 51.9. The number of amides is 3. The van der Waals surface area contributed by atoms with Crippen LogP contribution in [0.1, 0.15) is 46.2 Å². The van der Waals surface area contributed by atoms with Gasteiger partial charge in [0.05, 0.1) is 24.2 Å². The van der Waals surface area contributed by atoms with Gasteiger partial charge in [0.1, 0.15) is 11.7 Å². The molecule has 0 heterocycles. The third-order valence-electron chi connectivity index (χ3n) is 7.14. The molecule has 0 aliphatic heterocycles. The minimum absolute atomic E-state index is 0.0136. The Balaban J connectivity index is 2.04. The van der Waals surface area contributed by atoms with Gasteiger partial charge >= 0.3 is 0 Å². The summed E-state index contributed by atoms with van der Waals surface area (Å²) in [6, 6.07) is 10.9. The molecule has 4 rings (SSSR count). The molecular formula is C27H30N6O4. The molecule has 0 saturated heterocycles. The molecule has 0 aromatic heterocycles. The lowest BCUT2D eigenvalue weighted by atomic mass is 9.52. The lowest BCUT2D eigenvalue weighted by molar-refractivity contribution is -0.131. The van der Waals surface area contributed by atoms with Crippen molar-refractivity contribution in [1.82, 2.24) is 4.90 Å². The van der Waals surface area contributed by atoms with Crippen molar-refractivity contribution in [3.63, 3.8) is 0 Å². The quantitative estimate of drug-likeness (QED) is 0.221. The van der Waals surface area contributed by atoms with Gasteiger partial charge in [-0.2, -0.15) is 0 Å². The Morgan fingerprint density at radius 3 is 2.05 bits per heavy atom. The molecule has 2 aliphatic rings. The summed E-state index contributed by atoms with van der Waals surface area (Å²) in [5.41, 5.74) is 33.2. The first-order valence-electron chi connectivity index (χ1n) is 11.9. The van der Waals surface area contributed by atoms with Crippen molar-refractivity contribution in [3.05, 3.63) is 87.1 Å². The molecule has 1 atom stereocenters. The molecule has 0 bridgehead atoms. The second kappa shape index (κ2) is 10.1. The van der Waals surface area contributed by atoms with Gasteiger partial charge < -0.3 is 38.4 Å². The van der Waals surface area contributed by atoms with E-state index in [1.807, 2.05) is 24.3 Å². The Bertz CT molecular complexity index is 1360. The van der Waals surface area contributed by atoms with Gasteiger partial charge in [-0.15, -0.1) is 0 Å². The molecular weight excluding hydrogens is 472 g/mol. The first-order valence-corrected chi connectivity index (χ1v) is 11.9. The second-order valence-corrected chi connectivity index (χ2v) is 9.09. The van der Waals surface area contributed by atoms with Crippen LogP contribution in [0.5, 0.6) is 0 Å². The van der Waals surface area contributed by atoms with E-state index < -0.39 is 29.6 Å². The third kappa shape index (κ3) is 4.05. The maximum Gasteiger partial charge on any atom is 0.250 e. The van der Waals surface area contributed by atoms with Gasteiger partial charge in [-0.25, -0.2) is 0 Å². The third-order valence-corrected chi connectivity index (χ3v) is 7.14. The highest BCUT2D eigenvalue weighted by molar-refractivity contribution is 6.16. The molecule has 37 heavy (non-hydrogen) atoms. The summed E-state index contributed by atoms with van der Waals surface area (Å²) in [7, 11) is 0. The summed E-state index contributed by atoms with van der Waals surface area (Å²) in [6.07, 6.45) is 1.66. The van der Waals surface area contributed by atoms with Crippen molar-refractivity contribution >= 4 is 29.6 Å². The van der Waals surface area contributed by atoms with Gasteiger partial charge in [-0.05, 0) is 39.8 Å². The summed E-state index contributed by atoms with van der Waals surface area (Å²) < 4.78 is 0. The van der Waals surface area contributed by atoms with E-state index in [-0.39, 0.29) is 37.3 Å². The predicted molar refractivity (Wildman–Crippen MR) is 137 cm³/mol. The van der Waals surface area contributed by atoms with Crippen molar-refractivity contribution in [1.29, 1.82) is 0 Å². The van der Waals surface area contributed by atoms with E-state index in [0.717, 1.165) is 11.1 Å². The number of rotatable bonds is 10. The maximum absolute atomic E-state index is 13.4. The highest BCUT2D eigenvalue weighted by Gasteiger charge is 2.58. The van der Waals surface area contributed by atoms with Crippen molar-refractivity contribution in [2.75, 3.05) is 0 Å². The Labute approximate surface area is 214 Å². The fraction of sp³-hybridized carbons (Fsp3) is 0.259. The first kappa shape index (κ1) is 26.0. The fourth-order valence-electron chi connectivity index (χ4n) is 5.37. The van der Waals surface area contributed by atoms with E-state index in [2.05, 4.69) is 0 Å². The second-order valence-electron chi connectivity index (χ2n) is 9.09. The zero-order chi connectivity index (χ0) is 26.9. The molecule has 10 nitrogen and oxygen atoms in total. The first-order chi connectivity index (χ1) is 17.7. The van der Waals surface area contributed by atoms with Gasteiger partial charge in [0.15, 0.2) is 0 Å². The van der Waals surface area contributed by atoms with Crippen molar-refractivity contribution in [2.24, 2.45) is 28.7 Å². The number of benzene rings is 2. The molecule has 2 aliphatic carbocycles. The number of aldehydes is 1. The van der Waals surface area contributed by atoms with E-state index in [1.165, 1.54) is 11.0 Å². The number of hydrogen-bond acceptors (Lipinski definition) is 7. The highest BCUT2D eigenvalue weighted by Crippen LogP contribution is 2.60. The normalized spacial score (nSPS) is 17.8. The van der Waals surface area contributed by atoms with Crippen molar-refractivity contribution in [3.8, 4) is 0 Å². The minimum atomic E-state index is -1.33. The molecule has 192 valence electrons. The maximum atomic E-state index is 13.4. The molecule has 0 saturated carbocycles. The predicted octanol–water partition coefficient (Wildman–Crippen LogP) is -0.0563. The molecule has 0 spiro atoms. The van der Waals surface area contributed by atoms with Crippen LogP contribution < -0.4 is 28.7 Å². The number of fused-ring (bicyclic) bond motifs is 4. The van der Waals surface area contributed by atoms with Crippen LogP contribution in [0.15, 0.2) is 53.7 Å².